The van der Waals surface area contributed by atoms with Gasteiger partial charge in [-0.25, -0.2) is 13.6 Å². The number of aryl methyl sites for hydroxylation is 2. The van der Waals surface area contributed by atoms with E-state index in [0.717, 1.165) is 25.0 Å². The Morgan fingerprint density at radius 2 is 2.05 bits per heavy atom. The molecule has 2 rings (SSSR count). The Hall–Kier alpha value is -2.24. The molecule has 0 aliphatic rings. The van der Waals surface area contributed by atoms with Gasteiger partial charge in [-0.1, -0.05) is 13.3 Å². The summed E-state index contributed by atoms with van der Waals surface area (Å²) in [5.74, 6) is -2.49. The van der Waals surface area contributed by atoms with Crippen molar-refractivity contribution in [2.45, 2.75) is 33.2 Å². The van der Waals surface area contributed by atoms with Crippen LogP contribution >= 0.6 is 0 Å². The number of carboxylic acids is 1. The maximum Gasteiger partial charge on any atom is 0.339 e. The normalized spacial score (nSPS) is 10.9. The zero-order valence-electron chi connectivity index (χ0n) is 11.9. The van der Waals surface area contributed by atoms with Gasteiger partial charge in [0.2, 0.25) is 0 Å². The first-order valence-corrected chi connectivity index (χ1v) is 6.70. The number of aromatic carboxylic acids is 1. The Morgan fingerprint density at radius 3 is 2.67 bits per heavy atom. The smallest absolute Gasteiger partial charge is 0.339 e. The topological polar surface area (TPSA) is 55.1 Å². The summed E-state index contributed by atoms with van der Waals surface area (Å²) in [4.78, 5) is 11.3. The van der Waals surface area contributed by atoms with Crippen LogP contribution < -0.4 is 0 Å². The fourth-order valence-electron chi connectivity index (χ4n) is 2.04. The Labute approximate surface area is 121 Å². The number of nitrogens with zero attached hydrogens (tertiary/aromatic N) is 2. The Morgan fingerprint density at radius 1 is 1.33 bits per heavy atom. The number of unbranched alkanes of at least 4 members (excludes halogenated alkanes) is 1. The van der Waals surface area contributed by atoms with Gasteiger partial charge in [0.1, 0.15) is 22.9 Å². The molecule has 1 aromatic carbocycles. The average Bonchev–Trinajstić information content (AvgIpc) is 2.84. The molecule has 6 heteroatoms. The van der Waals surface area contributed by atoms with Crippen LogP contribution in [0.2, 0.25) is 0 Å². The van der Waals surface area contributed by atoms with E-state index in [2.05, 4.69) is 5.10 Å². The van der Waals surface area contributed by atoms with Crippen LogP contribution in [-0.4, -0.2) is 20.9 Å². The van der Waals surface area contributed by atoms with Crippen molar-refractivity contribution in [1.29, 1.82) is 0 Å². The van der Waals surface area contributed by atoms with Crippen molar-refractivity contribution < 1.29 is 18.7 Å². The van der Waals surface area contributed by atoms with E-state index in [1.807, 2.05) is 6.92 Å². The van der Waals surface area contributed by atoms with Gasteiger partial charge < -0.3 is 5.11 Å². The highest BCUT2D eigenvalue weighted by Crippen LogP contribution is 2.27. The van der Waals surface area contributed by atoms with Gasteiger partial charge in [-0.05, 0) is 31.0 Å². The molecule has 0 saturated heterocycles. The molecule has 0 spiro atoms. The molecule has 2 aromatic rings. The molecular weight excluding hydrogens is 278 g/mol. The van der Waals surface area contributed by atoms with Crippen LogP contribution in [-0.2, 0) is 6.54 Å². The van der Waals surface area contributed by atoms with Crippen LogP contribution in [0.5, 0.6) is 0 Å². The summed E-state index contributed by atoms with van der Waals surface area (Å²) in [6, 6.07) is 2.03. The third kappa shape index (κ3) is 3.09. The molecule has 0 atom stereocenters. The first-order valence-electron chi connectivity index (χ1n) is 6.70. The molecule has 0 unspecified atom stereocenters. The van der Waals surface area contributed by atoms with Crippen molar-refractivity contribution in [2.75, 3.05) is 0 Å². The van der Waals surface area contributed by atoms with Crippen molar-refractivity contribution in [3.8, 4) is 11.3 Å². The number of carboxylic acid groups (broad SMARTS) is 1. The van der Waals surface area contributed by atoms with E-state index in [1.54, 1.807) is 0 Å². The second-order valence-corrected chi connectivity index (χ2v) is 4.89. The lowest BCUT2D eigenvalue weighted by Crippen LogP contribution is -1.99. The molecule has 1 N–H and O–H groups in total. The summed E-state index contributed by atoms with van der Waals surface area (Å²) >= 11 is 0. The highest BCUT2D eigenvalue weighted by atomic mass is 19.1. The van der Waals surface area contributed by atoms with Crippen LogP contribution in [0.1, 0.15) is 35.7 Å². The second-order valence-electron chi connectivity index (χ2n) is 4.89. The first-order chi connectivity index (χ1) is 9.93. The summed E-state index contributed by atoms with van der Waals surface area (Å²) in [7, 11) is 0. The maximum absolute atomic E-state index is 14.0. The lowest BCUT2D eigenvalue weighted by molar-refractivity contribution is 0.0697. The molecule has 0 bridgehead atoms. The largest absolute Gasteiger partial charge is 0.478 e. The predicted molar refractivity (Wildman–Crippen MR) is 74.2 cm³/mol. The van der Waals surface area contributed by atoms with Crippen molar-refractivity contribution in [3.63, 3.8) is 0 Å². The maximum atomic E-state index is 14.0. The number of halogens is 2. The van der Waals surface area contributed by atoms with Gasteiger partial charge in [0.15, 0.2) is 0 Å². The summed E-state index contributed by atoms with van der Waals surface area (Å²) in [6.45, 7) is 3.98. The minimum absolute atomic E-state index is 0.0463. The van der Waals surface area contributed by atoms with E-state index in [0.29, 0.717) is 6.54 Å². The molecule has 0 amide bonds. The van der Waals surface area contributed by atoms with E-state index in [-0.39, 0.29) is 22.4 Å². The van der Waals surface area contributed by atoms with Gasteiger partial charge >= 0.3 is 5.97 Å². The monoisotopic (exact) mass is 294 g/mol. The van der Waals surface area contributed by atoms with Crippen molar-refractivity contribution in [1.82, 2.24) is 9.78 Å². The zero-order chi connectivity index (χ0) is 15.6. The summed E-state index contributed by atoms with van der Waals surface area (Å²) in [6.07, 6.45) is 3.10. The predicted octanol–water partition coefficient (Wildman–Crippen LogP) is 3.64. The quantitative estimate of drug-likeness (QED) is 0.916. The van der Waals surface area contributed by atoms with Gasteiger partial charge in [-0.15, -0.1) is 0 Å². The van der Waals surface area contributed by atoms with E-state index < -0.39 is 17.6 Å². The lowest BCUT2D eigenvalue weighted by Gasteiger charge is -2.04. The van der Waals surface area contributed by atoms with Crippen LogP contribution in [0.15, 0.2) is 18.3 Å². The van der Waals surface area contributed by atoms with Gasteiger partial charge in [-0.3, -0.25) is 4.68 Å². The molecule has 0 fully saturated rings. The Kier molecular flexibility index (Phi) is 4.35. The number of hydrogen-bond acceptors (Lipinski definition) is 2. The number of hydrogen-bond donors (Lipinski definition) is 1. The molecular formula is C15H16F2N2O2. The van der Waals surface area contributed by atoms with Crippen LogP contribution in [0.3, 0.4) is 0 Å². The van der Waals surface area contributed by atoms with Crippen molar-refractivity contribution in [3.05, 3.63) is 41.1 Å². The van der Waals surface area contributed by atoms with Gasteiger partial charge in [0.25, 0.3) is 0 Å². The number of aromatic nitrogens is 2. The molecule has 0 aliphatic carbocycles. The molecule has 112 valence electrons. The van der Waals surface area contributed by atoms with E-state index >= 15 is 0 Å². The minimum atomic E-state index is -1.21. The molecule has 0 saturated carbocycles. The van der Waals surface area contributed by atoms with Crippen LogP contribution in [0, 0.1) is 18.6 Å². The number of benzene rings is 1. The zero-order valence-corrected chi connectivity index (χ0v) is 11.9. The molecule has 0 aliphatic heterocycles. The van der Waals surface area contributed by atoms with E-state index in [4.69, 9.17) is 0 Å². The fraction of sp³-hybridized carbons (Fsp3) is 0.333. The summed E-state index contributed by atoms with van der Waals surface area (Å²) in [5.41, 5.74) is -0.146. The van der Waals surface area contributed by atoms with Gasteiger partial charge in [-0.2, -0.15) is 5.10 Å². The molecule has 1 heterocycles. The van der Waals surface area contributed by atoms with Crippen molar-refractivity contribution >= 4 is 5.97 Å². The average molecular weight is 294 g/mol. The molecule has 1 aromatic heterocycles. The number of rotatable bonds is 5. The summed E-state index contributed by atoms with van der Waals surface area (Å²) < 4.78 is 29.1. The molecule has 0 radical (unpaired) electrons. The third-order valence-electron chi connectivity index (χ3n) is 3.24. The minimum Gasteiger partial charge on any atom is -0.478 e. The van der Waals surface area contributed by atoms with E-state index in [1.165, 1.54) is 17.8 Å². The second kappa shape index (κ2) is 6.03. The summed E-state index contributed by atoms with van der Waals surface area (Å²) in [5, 5.41) is 13.3. The van der Waals surface area contributed by atoms with Crippen molar-refractivity contribution in [2.24, 2.45) is 0 Å². The number of carbonyl (C=O) groups is 1. The first kappa shape index (κ1) is 15.2. The Balaban J connectivity index is 2.54. The van der Waals surface area contributed by atoms with Gasteiger partial charge in [0, 0.05) is 18.3 Å². The molecule has 4 nitrogen and oxygen atoms in total. The Bertz CT molecular complexity index is 681. The van der Waals surface area contributed by atoms with Crippen LogP contribution in [0.4, 0.5) is 8.78 Å². The van der Waals surface area contributed by atoms with Crippen LogP contribution in [0.25, 0.3) is 11.3 Å². The lowest BCUT2D eigenvalue weighted by atomic mass is 10.1. The highest BCUT2D eigenvalue weighted by Gasteiger charge is 2.21. The highest BCUT2D eigenvalue weighted by molar-refractivity contribution is 5.94. The SMILES string of the molecule is CCCCn1cc(C(=O)O)c(-c2cc(F)c(C)cc2F)n1. The standard InChI is InChI=1S/C15H16F2N2O2/c1-3-4-5-19-8-11(15(20)21)14(18-19)10-7-12(16)9(2)6-13(10)17/h6-8H,3-5H2,1-2H3,(H,20,21). The van der Waals surface area contributed by atoms with E-state index in [9.17, 15) is 18.7 Å². The van der Waals surface area contributed by atoms with Gasteiger partial charge in [0.05, 0.1) is 0 Å². The third-order valence-corrected chi connectivity index (χ3v) is 3.24. The fourth-order valence-corrected chi connectivity index (χ4v) is 2.04. The molecule has 21 heavy (non-hydrogen) atoms.